The highest BCUT2D eigenvalue weighted by molar-refractivity contribution is 5.73. The molecule has 0 spiro atoms. The molecule has 10 rings (SSSR count). The highest BCUT2D eigenvalue weighted by atomic mass is 16.8. The molecule has 4 fully saturated rings. The summed E-state index contributed by atoms with van der Waals surface area (Å²) in [6.45, 7) is 17.4. The smallest absolute Gasteiger partial charge is 0.185 e. The summed E-state index contributed by atoms with van der Waals surface area (Å²) < 4.78 is 73.9. The van der Waals surface area contributed by atoms with Crippen LogP contribution in [0.3, 0.4) is 0 Å². The average Bonchev–Trinajstić information content (AvgIpc) is 3.12. The van der Waals surface area contributed by atoms with E-state index in [-0.39, 0.29) is 27.2 Å². The van der Waals surface area contributed by atoms with Crippen molar-refractivity contribution in [3.05, 3.63) is 179 Å². The summed E-state index contributed by atoms with van der Waals surface area (Å²) in [5.41, 5.74) is 9.41. The van der Waals surface area contributed by atoms with E-state index in [1.54, 1.807) is 28.4 Å². The lowest BCUT2D eigenvalue weighted by molar-refractivity contribution is -0.203. The number of ether oxygens (including phenoxy) is 12. The first-order chi connectivity index (χ1) is 39.2. The molecule has 6 aromatic carbocycles. The Morgan fingerprint density at radius 3 is 0.634 bits per heavy atom. The van der Waals surface area contributed by atoms with Gasteiger partial charge in [0.05, 0.1) is 44.8 Å². The highest BCUT2D eigenvalue weighted by Crippen LogP contribution is 2.53. The van der Waals surface area contributed by atoms with Gasteiger partial charge >= 0.3 is 0 Å². The van der Waals surface area contributed by atoms with E-state index < -0.39 is 57.4 Å². The fourth-order valence-electron chi connectivity index (χ4n) is 12.4. The largest absolute Gasteiger partial charge is 0.359 e. The van der Waals surface area contributed by atoms with Gasteiger partial charge in [0.2, 0.25) is 0 Å². The third-order valence-corrected chi connectivity index (χ3v) is 19.1. The first kappa shape index (κ1) is 60.0. The maximum absolute atomic E-state index is 6.65. The summed E-state index contributed by atoms with van der Waals surface area (Å²) in [5, 5.41) is 0. The van der Waals surface area contributed by atoms with E-state index in [0.29, 0.717) is 0 Å². The molecule has 82 heavy (non-hydrogen) atoms. The van der Waals surface area contributed by atoms with Crippen LogP contribution in [0, 0.1) is 0 Å². The van der Waals surface area contributed by atoms with Crippen molar-refractivity contribution < 1.29 is 56.8 Å². The van der Waals surface area contributed by atoms with Gasteiger partial charge in [0, 0.05) is 39.6 Å². The van der Waals surface area contributed by atoms with Crippen molar-refractivity contribution in [2.24, 2.45) is 0 Å². The van der Waals surface area contributed by atoms with E-state index in [9.17, 15) is 0 Å². The van der Waals surface area contributed by atoms with E-state index in [1.165, 1.54) is 0 Å². The molecule has 12 heteroatoms. The Kier molecular flexibility index (Phi) is 17.6. The standard InChI is InChI=1S/C70H86O12/c1-63(2)64(3,4)80-61(79-63)55-25-33-59(34-26-55)69(77-47-73-11)41-37-67(38-42-69,75-45-71-9)57-29-21-53(22-30-57)51-17-13-49(14-18-51)50-15-19-52(20-16-50)54-23-31-58(32-24-54)68(76-46-72-10)39-43-70(44-40-68,78-48-74-12)60-35-27-56(28-36-60)62-81-65(5,6)66(7,8)82-62/h13-36,61-62H,37-48H2,1-12H3. The number of hydrogen-bond acceptors (Lipinski definition) is 12. The van der Waals surface area contributed by atoms with Crippen molar-refractivity contribution in [3.63, 3.8) is 0 Å². The average molecular weight is 1120 g/mol. The summed E-state index contributed by atoms with van der Waals surface area (Å²) >= 11 is 0. The predicted molar refractivity (Wildman–Crippen MR) is 317 cm³/mol. The molecule has 2 aliphatic carbocycles. The molecular formula is C70H86O12. The van der Waals surface area contributed by atoms with Crippen LogP contribution in [-0.4, -0.2) is 78.0 Å². The van der Waals surface area contributed by atoms with Gasteiger partial charge in [-0.05, 0) is 162 Å². The molecule has 0 radical (unpaired) electrons. The van der Waals surface area contributed by atoms with E-state index >= 15 is 0 Å². The Morgan fingerprint density at radius 2 is 0.451 bits per heavy atom. The van der Waals surface area contributed by atoms with Crippen molar-refractivity contribution in [1.29, 1.82) is 0 Å². The molecule has 438 valence electrons. The Labute approximate surface area is 486 Å². The molecule has 2 heterocycles. The summed E-state index contributed by atoms with van der Waals surface area (Å²) in [5.74, 6) is 0. The molecule has 12 nitrogen and oxygen atoms in total. The molecule has 0 amide bonds. The van der Waals surface area contributed by atoms with Gasteiger partial charge < -0.3 is 56.8 Å². The first-order valence-electron chi connectivity index (χ1n) is 29.1. The van der Waals surface area contributed by atoms with Crippen LogP contribution in [-0.2, 0) is 79.2 Å². The van der Waals surface area contributed by atoms with Crippen molar-refractivity contribution in [2.45, 2.75) is 164 Å². The molecule has 0 N–H and O–H groups in total. The zero-order chi connectivity index (χ0) is 58.0. The Hall–Kier alpha value is -5.16. The molecule has 2 saturated heterocycles. The number of methoxy groups -OCH3 is 4. The molecule has 2 saturated carbocycles. The van der Waals surface area contributed by atoms with Crippen LogP contribution in [0.15, 0.2) is 146 Å². The monoisotopic (exact) mass is 1120 g/mol. The van der Waals surface area contributed by atoms with Gasteiger partial charge in [-0.1, -0.05) is 146 Å². The Morgan fingerprint density at radius 1 is 0.280 bits per heavy atom. The SMILES string of the molecule is COCOC1(c2ccc(-c3ccc(-c4ccc(-c5ccc(C6(OCOC)CCC(OCOC)(c7ccc(C8OC(C)(C)C(C)(C)O8)cc7)CC6)cc5)cc4)cc3)cc2)CCC(OCOC)(c2ccc(C3OC(C)(C)C(C)(C)O3)cc2)CC1. The van der Waals surface area contributed by atoms with E-state index in [2.05, 4.69) is 201 Å². The normalized spacial score (nSPS) is 26.0. The minimum Gasteiger partial charge on any atom is -0.359 e. The zero-order valence-corrected chi connectivity index (χ0v) is 50.4. The first-order valence-corrected chi connectivity index (χ1v) is 29.1. The van der Waals surface area contributed by atoms with Crippen molar-refractivity contribution in [2.75, 3.05) is 55.6 Å². The van der Waals surface area contributed by atoms with Gasteiger partial charge in [0.25, 0.3) is 0 Å². The third kappa shape index (κ3) is 11.9. The second-order valence-electron chi connectivity index (χ2n) is 24.9. The van der Waals surface area contributed by atoms with Crippen LogP contribution in [0.5, 0.6) is 0 Å². The quantitative estimate of drug-likeness (QED) is 0.0640. The van der Waals surface area contributed by atoms with Crippen LogP contribution in [0.1, 0.15) is 153 Å². The van der Waals surface area contributed by atoms with Gasteiger partial charge in [-0.2, -0.15) is 0 Å². The third-order valence-electron chi connectivity index (χ3n) is 19.1. The second kappa shape index (κ2) is 24.1. The summed E-state index contributed by atoms with van der Waals surface area (Å²) in [7, 11) is 6.69. The maximum atomic E-state index is 6.65. The maximum Gasteiger partial charge on any atom is 0.185 e. The zero-order valence-electron chi connectivity index (χ0n) is 50.4. The van der Waals surface area contributed by atoms with E-state index in [4.69, 9.17) is 56.8 Å². The van der Waals surface area contributed by atoms with E-state index in [0.717, 1.165) is 118 Å². The fraction of sp³-hybridized carbons (Fsp3) is 0.486. The van der Waals surface area contributed by atoms with Gasteiger partial charge in [-0.25, -0.2) is 0 Å². The lowest BCUT2D eigenvalue weighted by Gasteiger charge is -2.46. The number of rotatable bonds is 21. The van der Waals surface area contributed by atoms with Crippen molar-refractivity contribution in [1.82, 2.24) is 0 Å². The lowest BCUT2D eigenvalue weighted by atomic mass is 9.70. The Balaban J connectivity index is 0.786. The van der Waals surface area contributed by atoms with Gasteiger partial charge in [-0.15, -0.1) is 0 Å². The molecule has 0 bridgehead atoms. The van der Waals surface area contributed by atoms with Crippen molar-refractivity contribution >= 4 is 0 Å². The fourth-order valence-corrected chi connectivity index (χ4v) is 12.4. The summed E-state index contributed by atoms with van der Waals surface area (Å²) in [6, 6.07) is 52.3. The minimum absolute atomic E-state index is 0.187. The Bertz CT molecular complexity index is 2780. The molecule has 0 aromatic heterocycles. The van der Waals surface area contributed by atoms with Gasteiger partial charge in [0.1, 0.15) is 27.2 Å². The van der Waals surface area contributed by atoms with Crippen LogP contribution in [0.4, 0.5) is 0 Å². The molecule has 4 aliphatic rings. The number of hydrogen-bond donors (Lipinski definition) is 0. The van der Waals surface area contributed by atoms with Crippen molar-refractivity contribution in [3.8, 4) is 33.4 Å². The highest BCUT2D eigenvalue weighted by Gasteiger charge is 2.52. The molecule has 0 unspecified atom stereocenters. The van der Waals surface area contributed by atoms with Gasteiger partial charge in [0.15, 0.2) is 12.6 Å². The minimum atomic E-state index is -0.553. The van der Waals surface area contributed by atoms with Crippen LogP contribution < -0.4 is 0 Å². The molecule has 0 atom stereocenters. The van der Waals surface area contributed by atoms with Crippen LogP contribution >= 0.6 is 0 Å². The van der Waals surface area contributed by atoms with E-state index in [1.807, 2.05) is 0 Å². The molecular weight excluding hydrogens is 1030 g/mol. The summed E-state index contributed by atoms with van der Waals surface area (Å²) in [4.78, 5) is 0. The molecule has 6 aromatic rings. The van der Waals surface area contributed by atoms with Gasteiger partial charge in [-0.3, -0.25) is 0 Å². The predicted octanol–water partition coefficient (Wildman–Crippen LogP) is 15.7. The number of benzene rings is 6. The summed E-state index contributed by atoms with van der Waals surface area (Å²) in [6.07, 6.45) is 5.00. The van der Waals surface area contributed by atoms with Crippen LogP contribution in [0.2, 0.25) is 0 Å². The second-order valence-corrected chi connectivity index (χ2v) is 24.9. The topological polar surface area (TPSA) is 111 Å². The lowest BCUT2D eigenvalue weighted by Crippen LogP contribution is -2.43. The molecule has 2 aliphatic heterocycles. The van der Waals surface area contributed by atoms with Crippen LogP contribution in [0.25, 0.3) is 33.4 Å².